The summed E-state index contributed by atoms with van der Waals surface area (Å²) in [6.45, 7) is 1.15. The molecular formula is C17H23N3O3S3. The molecule has 0 spiro atoms. The first kappa shape index (κ1) is 19.6. The predicted octanol–water partition coefficient (Wildman–Crippen LogP) is 2.31. The molecular weight excluding hydrogens is 390 g/mol. The smallest absolute Gasteiger partial charge is 0.266 e. The van der Waals surface area contributed by atoms with Crippen LogP contribution in [0.3, 0.4) is 0 Å². The highest BCUT2D eigenvalue weighted by Crippen LogP contribution is 2.21. The first-order valence-electron chi connectivity index (χ1n) is 8.54. The van der Waals surface area contributed by atoms with Crippen LogP contribution in [0.25, 0.3) is 10.2 Å². The van der Waals surface area contributed by atoms with Crippen molar-refractivity contribution in [2.75, 3.05) is 24.8 Å². The van der Waals surface area contributed by atoms with Crippen LogP contribution >= 0.6 is 23.1 Å². The molecule has 1 amide bonds. The molecule has 2 aromatic rings. The summed E-state index contributed by atoms with van der Waals surface area (Å²) in [5.74, 6) is 0.556. The van der Waals surface area contributed by atoms with Crippen molar-refractivity contribution >= 4 is 49.2 Å². The SMILES string of the molecule is CSCCn1c(=NC(=O)C2CCCCN2S(C)(=O)=O)sc2ccccc21. The Bertz CT molecular complexity index is 962. The van der Waals surface area contributed by atoms with E-state index < -0.39 is 16.1 Å². The number of rotatable bonds is 5. The van der Waals surface area contributed by atoms with Crippen molar-refractivity contribution in [2.45, 2.75) is 31.8 Å². The Morgan fingerprint density at radius 1 is 1.35 bits per heavy atom. The first-order chi connectivity index (χ1) is 12.4. The van der Waals surface area contributed by atoms with E-state index in [1.54, 1.807) is 11.8 Å². The van der Waals surface area contributed by atoms with Crippen molar-refractivity contribution in [2.24, 2.45) is 4.99 Å². The molecule has 1 saturated heterocycles. The number of fused-ring (bicyclic) bond motifs is 1. The number of sulfonamides is 1. The lowest BCUT2D eigenvalue weighted by Crippen LogP contribution is -2.47. The maximum Gasteiger partial charge on any atom is 0.266 e. The minimum Gasteiger partial charge on any atom is -0.316 e. The third kappa shape index (κ3) is 4.21. The standard InChI is InChI=1S/C17H23N3O3S3/c1-24-12-11-19-13-7-3-4-9-15(13)25-17(19)18-16(21)14-8-5-6-10-20(14)26(2,22)23/h3-4,7,9,14H,5-6,8,10-12H2,1-2H3. The van der Waals surface area contributed by atoms with E-state index in [1.807, 2.05) is 30.5 Å². The van der Waals surface area contributed by atoms with Crippen LogP contribution in [0, 0.1) is 0 Å². The highest BCUT2D eigenvalue weighted by Gasteiger charge is 2.34. The molecule has 0 N–H and O–H groups in total. The minimum absolute atomic E-state index is 0.361. The average Bonchev–Trinajstić information content (AvgIpc) is 2.96. The molecule has 0 radical (unpaired) electrons. The topological polar surface area (TPSA) is 71.7 Å². The van der Waals surface area contributed by atoms with Crippen LogP contribution in [0.4, 0.5) is 0 Å². The third-order valence-electron chi connectivity index (χ3n) is 4.48. The van der Waals surface area contributed by atoms with Gasteiger partial charge in [0.1, 0.15) is 6.04 Å². The van der Waals surface area contributed by atoms with E-state index in [2.05, 4.69) is 9.56 Å². The van der Waals surface area contributed by atoms with Gasteiger partial charge in [0.2, 0.25) is 10.0 Å². The van der Waals surface area contributed by atoms with Gasteiger partial charge in [0.15, 0.2) is 4.80 Å². The number of hydrogen-bond acceptors (Lipinski definition) is 5. The maximum absolute atomic E-state index is 12.8. The zero-order valence-corrected chi connectivity index (χ0v) is 17.4. The molecule has 1 fully saturated rings. The molecule has 6 nitrogen and oxygen atoms in total. The zero-order chi connectivity index (χ0) is 18.7. The fourth-order valence-electron chi connectivity index (χ4n) is 3.22. The Kier molecular flexibility index (Phi) is 6.21. The average molecular weight is 414 g/mol. The number of thioether (sulfide) groups is 1. The summed E-state index contributed by atoms with van der Waals surface area (Å²) >= 11 is 3.21. The summed E-state index contributed by atoms with van der Waals surface area (Å²) in [7, 11) is -3.42. The molecule has 2 heterocycles. The van der Waals surface area contributed by atoms with Crippen LogP contribution in [-0.2, 0) is 21.4 Å². The molecule has 0 bridgehead atoms. The summed E-state index contributed by atoms with van der Waals surface area (Å²) in [6.07, 6.45) is 5.37. The number of hydrogen-bond donors (Lipinski definition) is 0. The number of benzene rings is 1. The van der Waals surface area contributed by atoms with Crippen LogP contribution in [0.1, 0.15) is 19.3 Å². The second-order valence-electron chi connectivity index (χ2n) is 6.33. The van der Waals surface area contributed by atoms with Gasteiger partial charge in [0, 0.05) is 18.8 Å². The number of carbonyl (C=O) groups is 1. The summed E-state index contributed by atoms with van der Waals surface area (Å²) in [5.41, 5.74) is 1.06. The highest BCUT2D eigenvalue weighted by molar-refractivity contribution is 7.98. The molecule has 1 aliphatic heterocycles. The number of piperidine rings is 1. The molecule has 9 heteroatoms. The zero-order valence-electron chi connectivity index (χ0n) is 14.9. The van der Waals surface area contributed by atoms with Crippen molar-refractivity contribution in [1.82, 2.24) is 8.87 Å². The largest absolute Gasteiger partial charge is 0.316 e. The monoisotopic (exact) mass is 413 g/mol. The van der Waals surface area contributed by atoms with Crippen LogP contribution in [0.15, 0.2) is 29.3 Å². The maximum atomic E-state index is 12.8. The van der Waals surface area contributed by atoms with Crippen molar-refractivity contribution < 1.29 is 13.2 Å². The van der Waals surface area contributed by atoms with Crippen molar-refractivity contribution in [3.8, 4) is 0 Å². The van der Waals surface area contributed by atoms with Gasteiger partial charge >= 0.3 is 0 Å². The van der Waals surface area contributed by atoms with Gasteiger partial charge in [-0.05, 0) is 31.2 Å². The molecule has 1 aliphatic rings. The Balaban J connectivity index is 2.01. The Morgan fingerprint density at radius 2 is 2.12 bits per heavy atom. The van der Waals surface area contributed by atoms with Gasteiger partial charge in [-0.25, -0.2) is 8.42 Å². The Hall–Kier alpha value is -1.16. The molecule has 0 saturated carbocycles. The van der Waals surface area contributed by atoms with Crippen molar-refractivity contribution in [1.29, 1.82) is 0 Å². The highest BCUT2D eigenvalue weighted by atomic mass is 32.2. The Morgan fingerprint density at radius 3 is 2.85 bits per heavy atom. The van der Waals surface area contributed by atoms with Gasteiger partial charge in [-0.3, -0.25) is 4.79 Å². The number of para-hydroxylation sites is 1. The number of thiazole rings is 1. The number of amides is 1. The second-order valence-corrected chi connectivity index (χ2v) is 10.3. The minimum atomic E-state index is -3.42. The van der Waals surface area contributed by atoms with Crippen LogP contribution in [-0.4, -0.2) is 54.0 Å². The lowest BCUT2D eigenvalue weighted by molar-refractivity contribution is -0.122. The van der Waals surface area contributed by atoms with E-state index in [1.165, 1.54) is 15.6 Å². The molecule has 26 heavy (non-hydrogen) atoms. The fourth-order valence-corrected chi connectivity index (χ4v) is 5.77. The second kappa shape index (κ2) is 8.24. The van der Waals surface area contributed by atoms with E-state index in [4.69, 9.17) is 0 Å². The lowest BCUT2D eigenvalue weighted by Gasteiger charge is -2.31. The van der Waals surface area contributed by atoms with Crippen LogP contribution in [0.2, 0.25) is 0 Å². The normalized spacial score (nSPS) is 19.9. The van der Waals surface area contributed by atoms with Gasteiger partial charge in [-0.15, -0.1) is 0 Å². The van der Waals surface area contributed by atoms with E-state index in [0.717, 1.165) is 41.6 Å². The van der Waals surface area contributed by atoms with Crippen molar-refractivity contribution in [3.05, 3.63) is 29.1 Å². The number of nitrogens with zero attached hydrogens (tertiary/aromatic N) is 3. The first-order valence-corrected chi connectivity index (χ1v) is 12.6. The van der Waals surface area contributed by atoms with Gasteiger partial charge in [-0.1, -0.05) is 29.9 Å². The lowest BCUT2D eigenvalue weighted by atomic mass is 10.0. The predicted molar refractivity (Wildman–Crippen MR) is 108 cm³/mol. The number of aromatic nitrogens is 1. The van der Waals surface area contributed by atoms with Crippen LogP contribution in [0.5, 0.6) is 0 Å². The van der Waals surface area contributed by atoms with E-state index >= 15 is 0 Å². The summed E-state index contributed by atoms with van der Waals surface area (Å²) < 4.78 is 28.5. The summed E-state index contributed by atoms with van der Waals surface area (Å²) in [5, 5.41) is 0. The Labute approximate surface area is 162 Å². The van der Waals surface area contributed by atoms with E-state index in [9.17, 15) is 13.2 Å². The molecule has 1 unspecified atom stereocenters. The van der Waals surface area contributed by atoms with E-state index in [0.29, 0.717) is 17.8 Å². The van der Waals surface area contributed by atoms with Crippen LogP contribution < -0.4 is 4.80 Å². The molecule has 3 rings (SSSR count). The van der Waals surface area contributed by atoms with Gasteiger partial charge < -0.3 is 4.57 Å². The molecule has 142 valence electrons. The summed E-state index contributed by atoms with van der Waals surface area (Å²) in [4.78, 5) is 17.8. The molecule has 1 aromatic heterocycles. The van der Waals surface area contributed by atoms with Gasteiger partial charge in [0.05, 0.1) is 16.5 Å². The third-order valence-corrected chi connectivity index (χ3v) is 7.42. The molecule has 0 aliphatic carbocycles. The van der Waals surface area contributed by atoms with Gasteiger partial charge in [0.25, 0.3) is 5.91 Å². The summed E-state index contributed by atoms with van der Waals surface area (Å²) in [6, 6.07) is 7.30. The molecule has 1 aromatic carbocycles. The van der Waals surface area contributed by atoms with Gasteiger partial charge in [-0.2, -0.15) is 21.1 Å². The number of carbonyl (C=O) groups excluding carboxylic acids is 1. The quantitative estimate of drug-likeness (QED) is 0.754. The van der Waals surface area contributed by atoms with Crippen molar-refractivity contribution in [3.63, 3.8) is 0 Å². The molecule has 1 atom stereocenters. The van der Waals surface area contributed by atoms with E-state index in [-0.39, 0.29) is 5.91 Å². The number of aryl methyl sites for hydroxylation is 1. The fraction of sp³-hybridized carbons (Fsp3) is 0.529.